The standard InChI is InChI=1S/C23H17Cl2N3O3S/c1-2-30-22(29)19-12-27-23(32-19)28-18(11-26)16-9-14-8-15(24)10-17(25)21(14)31-20(16)13-6-4-3-5-7-13/h3-10,12,18,20H,2H2,1H3,(H,27,28). The molecule has 1 aliphatic heterocycles. The summed E-state index contributed by atoms with van der Waals surface area (Å²) in [7, 11) is 0. The van der Waals surface area contributed by atoms with Crippen LogP contribution < -0.4 is 10.1 Å². The van der Waals surface area contributed by atoms with E-state index in [0.717, 1.165) is 16.9 Å². The van der Waals surface area contributed by atoms with Crippen molar-refractivity contribution in [3.8, 4) is 11.8 Å². The van der Waals surface area contributed by atoms with Crippen LogP contribution in [0.5, 0.6) is 5.75 Å². The average molecular weight is 486 g/mol. The first-order chi connectivity index (χ1) is 15.5. The van der Waals surface area contributed by atoms with E-state index in [-0.39, 0.29) is 6.61 Å². The molecule has 9 heteroatoms. The summed E-state index contributed by atoms with van der Waals surface area (Å²) < 4.78 is 11.3. The van der Waals surface area contributed by atoms with Crippen LogP contribution in [0.1, 0.15) is 33.8 Å². The van der Waals surface area contributed by atoms with E-state index >= 15 is 0 Å². The third-order valence-corrected chi connectivity index (χ3v) is 6.12. The van der Waals surface area contributed by atoms with Crippen molar-refractivity contribution in [2.24, 2.45) is 0 Å². The van der Waals surface area contributed by atoms with Gasteiger partial charge in [-0.1, -0.05) is 64.9 Å². The predicted octanol–water partition coefficient (Wildman–Crippen LogP) is 6.15. The number of nitriles is 1. The molecule has 1 N–H and O–H groups in total. The Hall–Kier alpha value is -3.05. The molecule has 0 spiro atoms. The summed E-state index contributed by atoms with van der Waals surface area (Å²) in [6.07, 6.45) is 2.73. The second kappa shape index (κ2) is 9.61. The van der Waals surface area contributed by atoms with Crippen LogP contribution in [-0.2, 0) is 4.74 Å². The zero-order chi connectivity index (χ0) is 22.7. The molecular weight excluding hydrogens is 469 g/mol. The number of hydrogen-bond acceptors (Lipinski definition) is 7. The SMILES string of the molecule is CCOC(=O)c1cnc(NC(C#N)C2=Cc3cc(Cl)cc(Cl)c3OC2c2ccccc2)s1. The van der Waals surface area contributed by atoms with Gasteiger partial charge in [0, 0.05) is 16.2 Å². The fourth-order valence-electron chi connectivity index (χ4n) is 3.33. The van der Waals surface area contributed by atoms with Crippen LogP contribution >= 0.6 is 34.5 Å². The number of halogens is 2. The first-order valence-corrected chi connectivity index (χ1v) is 11.3. The minimum Gasteiger partial charge on any atom is -0.479 e. The lowest BCUT2D eigenvalue weighted by atomic mass is 9.91. The Morgan fingerprint density at radius 3 is 2.84 bits per heavy atom. The molecular formula is C23H17Cl2N3O3S. The average Bonchev–Trinajstić information content (AvgIpc) is 3.26. The van der Waals surface area contributed by atoms with Gasteiger partial charge in [-0.2, -0.15) is 5.26 Å². The number of fused-ring (bicyclic) bond motifs is 1. The molecule has 6 nitrogen and oxygen atoms in total. The molecule has 32 heavy (non-hydrogen) atoms. The molecule has 3 aromatic rings. The first kappa shape index (κ1) is 22.2. The van der Waals surface area contributed by atoms with Crippen LogP contribution in [0, 0.1) is 11.3 Å². The minimum absolute atomic E-state index is 0.272. The number of carbonyl (C=O) groups is 1. The molecule has 0 saturated carbocycles. The summed E-state index contributed by atoms with van der Waals surface area (Å²) in [4.78, 5) is 16.5. The Kier molecular flexibility index (Phi) is 6.66. The van der Waals surface area contributed by atoms with Crippen LogP contribution in [0.3, 0.4) is 0 Å². The van der Waals surface area contributed by atoms with Crippen LogP contribution in [0.25, 0.3) is 6.08 Å². The number of anilines is 1. The number of nitrogens with zero attached hydrogens (tertiary/aromatic N) is 2. The number of esters is 1. The third kappa shape index (κ3) is 4.58. The summed E-state index contributed by atoms with van der Waals surface area (Å²) in [5.74, 6) is 0.0522. The number of carbonyl (C=O) groups excluding carboxylic acids is 1. The lowest BCUT2D eigenvalue weighted by molar-refractivity contribution is 0.0532. The lowest BCUT2D eigenvalue weighted by Gasteiger charge is -2.30. The van der Waals surface area contributed by atoms with Gasteiger partial charge in [0.05, 0.1) is 23.9 Å². The molecule has 0 bridgehead atoms. The number of rotatable bonds is 6. The van der Waals surface area contributed by atoms with Crippen LogP contribution in [-0.4, -0.2) is 23.6 Å². The smallest absolute Gasteiger partial charge is 0.350 e. The first-order valence-electron chi connectivity index (χ1n) is 9.71. The van der Waals surface area contributed by atoms with E-state index in [1.807, 2.05) is 36.4 Å². The number of thiazole rings is 1. The molecule has 0 amide bonds. The van der Waals surface area contributed by atoms with Crippen molar-refractivity contribution in [2.75, 3.05) is 11.9 Å². The maximum Gasteiger partial charge on any atom is 0.350 e. The van der Waals surface area contributed by atoms with Gasteiger partial charge in [0.2, 0.25) is 0 Å². The van der Waals surface area contributed by atoms with Crippen molar-refractivity contribution in [1.29, 1.82) is 5.26 Å². The largest absolute Gasteiger partial charge is 0.479 e. The quantitative estimate of drug-likeness (QED) is 0.421. The van der Waals surface area contributed by atoms with Gasteiger partial charge in [-0.05, 0) is 30.7 Å². The summed E-state index contributed by atoms with van der Waals surface area (Å²) in [5, 5.41) is 14.4. The highest BCUT2D eigenvalue weighted by Gasteiger charge is 2.32. The Morgan fingerprint density at radius 2 is 2.12 bits per heavy atom. The van der Waals surface area contributed by atoms with Crippen LogP contribution in [0.2, 0.25) is 10.0 Å². The number of aromatic nitrogens is 1. The Morgan fingerprint density at radius 1 is 1.34 bits per heavy atom. The highest BCUT2D eigenvalue weighted by molar-refractivity contribution is 7.17. The van der Waals surface area contributed by atoms with Crippen molar-refractivity contribution in [2.45, 2.75) is 19.1 Å². The van der Waals surface area contributed by atoms with E-state index in [2.05, 4.69) is 16.4 Å². The Balaban J connectivity index is 1.72. The molecule has 0 fully saturated rings. The fraction of sp³-hybridized carbons (Fsp3) is 0.174. The van der Waals surface area contributed by atoms with Gasteiger partial charge in [0.15, 0.2) is 5.13 Å². The molecule has 2 atom stereocenters. The van der Waals surface area contributed by atoms with Gasteiger partial charge >= 0.3 is 5.97 Å². The number of hydrogen-bond donors (Lipinski definition) is 1. The normalized spacial score (nSPS) is 15.6. The molecule has 2 heterocycles. The molecule has 0 saturated heterocycles. The van der Waals surface area contributed by atoms with Crippen molar-refractivity contribution in [3.63, 3.8) is 0 Å². The van der Waals surface area contributed by atoms with Gasteiger partial charge < -0.3 is 14.8 Å². The van der Waals surface area contributed by atoms with Gasteiger partial charge in [-0.15, -0.1) is 0 Å². The zero-order valence-electron chi connectivity index (χ0n) is 16.8. The topological polar surface area (TPSA) is 84.2 Å². The summed E-state index contributed by atoms with van der Waals surface area (Å²) in [6.45, 7) is 2.01. The molecule has 0 aliphatic carbocycles. The minimum atomic E-state index is -0.785. The maximum atomic E-state index is 12.0. The second-order valence-electron chi connectivity index (χ2n) is 6.82. The van der Waals surface area contributed by atoms with Crippen LogP contribution in [0.15, 0.2) is 54.2 Å². The Labute approximate surface area is 199 Å². The summed E-state index contributed by atoms with van der Waals surface area (Å²) in [5.41, 5.74) is 2.21. The van der Waals surface area contributed by atoms with E-state index < -0.39 is 18.1 Å². The number of nitrogens with one attached hydrogen (secondary N) is 1. The number of ether oxygens (including phenoxy) is 2. The van der Waals surface area contributed by atoms with Gasteiger partial charge in [0.25, 0.3) is 0 Å². The molecule has 2 aromatic carbocycles. The second-order valence-corrected chi connectivity index (χ2v) is 8.69. The monoisotopic (exact) mass is 485 g/mol. The zero-order valence-corrected chi connectivity index (χ0v) is 19.2. The van der Waals surface area contributed by atoms with Crippen LogP contribution in [0.4, 0.5) is 5.13 Å². The van der Waals surface area contributed by atoms with Gasteiger partial charge in [0.1, 0.15) is 22.8 Å². The highest BCUT2D eigenvalue weighted by Crippen LogP contribution is 2.44. The van der Waals surface area contributed by atoms with Crippen molar-refractivity contribution in [1.82, 2.24) is 4.98 Å². The third-order valence-electron chi connectivity index (χ3n) is 4.71. The summed E-state index contributed by atoms with van der Waals surface area (Å²) in [6, 6.07) is 14.4. The van der Waals surface area contributed by atoms with Crippen molar-refractivity contribution >= 4 is 51.7 Å². The fourth-order valence-corrected chi connectivity index (χ4v) is 4.62. The summed E-state index contributed by atoms with van der Waals surface area (Å²) >= 11 is 13.7. The van der Waals surface area contributed by atoms with E-state index in [1.54, 1.807) is 19.1 Å². The molecule has 1 aliphatic rings. The van der Waals surface area contributed by atoms with E-state index in [0.29, 0.717) is 36.9 Å². The molecule has 162 valence electrons. The number of benzene rings is 2. The highest BCUT2D eigenvalue weighted by atomic mass is 35.5. The van der Waals surface area contributed by atoms with E-state index in [9.17, 15) is 10.1 Å². The van der Waals surface area contributed by atoms with Gasteiger partial charge in [-0.3, -0.25) is 0 Å². The molecule has 2 unspecified atom stereocenters. The molecule has 1 aromatic heterocycles. The molecule has 4 rings (SSSR count). The maximum absolute atomic E-state index is 12.0. The predicted molar refractivity (Wildman–Crippen MR) is 125 cm³/mol. The van der Waals surface area contributed by atoms with E-state index in [4.69, 9.17) is 32.7 Å². The van der Waals surface area contributed by atoms with Crippen molar-refractivity contribution in [3.05, 3.63) is 80.3 Å². The van der Waals surface area contributed by atoms with E-state index in [1.165, 1.54) is 6.20 Å². The van der Waals surface area contributed by atoms with Gasteiger partial charge in [-0.25, -0.2) is 9.78 Å². The Bertz CT molecular complexity index is 1220. The van der Waals surface area contributed by atoms with Crippen molar-refractivity contribution < 1.29 is 14.3 Å². The lowest BCUT2D eigenvalue weighted by Crippen LogP contribution is -2.28. The molecule has 0 radical (unpaired) electrons.